The molecular weight excluding hydrogens is 184 g/mol. The molecule has 0 radical (unpaired) electrons. The first kappa shape index (κ1) is 8.61. The van der Waals surface area contributed by atoms with E-state index in [0.717, 1.165) is 0 Å². The second-order valence-corrected chi connectivity index (χ2v) is 2.61. The van der Waals surface area contributed by atoms with Gasteiger partial charge in [-0.1, -0.05) is 5.16 Å². The highest BCUT2D eigenvalue weighted by molar-refractivity contribution is 5.49. The Morgan fingerprint density at radius 1 is 1.29 bits per heavy atom. The minimum atomic E-state index is 0.310. The highest BCUT2D eigenvalue weighted by Crippen LogP contribution is 2.15. The zero-order valence-electron chi connectivity index (χ0n) is 7.76. The molecule has 0 aliphatic heterocycles. The fourth-order valence-electron chi connectivity index (χ4n) is 0.946. The lowest BCUT2D eigenvalue weighted by atomic mass is 10.3. The van der Waals surface area contributed by atoms with Gasteiger partial charge in [0, 0.05) is 12.4 Å². The third-order valence-corrected chi connectivity index (χ3v) is 1.59. The molecule has 0 spiro atoms. The molecule has 2 aromatic heterocycles. The van der Waals surface area contributed by atoms with E-state index in [2.05, 4.69) is 20.1 Å². The van der Waals surface area contributed by atoms with Gasteiger partial charge in [0.25, 0.3) is 5.89 Å². The molecule has 6 nitrogen and oxygen atoms in total. The average Bonchev–Trinajstić information content (AvgIpc) is 2.65. The monoisotopic (exact) mass is 192 g/mol. The zero-order valence-corrected chi connectivity index (χ0v) is 7.76. The maximum absolute atomic E-state index is 4.94. The highest BCUT2D eigenvalue weighted by Gasteiger charge is 2.07. The van der Waals surface area contributed by atoms with Gasteiger partial charge in [0.1, 0.15) is 0 Å². The molecule has 6 heteroatoms. The lowest BCUT2D eigenvalue weighted by Crippen LogP contribution is -1.91. The van der Waals surface area contributed by atoms with Crippen molar-refractivity contribution in [2.45, 2.75) is 6.92 Å². The number of rotatable bonds is 2. The summed E-state index contributed by atoms with van der Waals surface area (Å²) in [5.74, 6) is 0.987. The van der Waals surface area contributed by atoms with Crippen LogP contribution in [0.3, 0.4) is 0 Å². The van der Waals surface area contributed by atoms with Gasteiger partial charge in [0.05, 0.1) is 12.7 Å². The molecule has 0 atom stereocenters. The molecule has 0 aliphatic carbocycles. The van der Waals surface area contributed by atoms with Gasteiger partial charge in [-0.25, -0.2) is 9.97 Å². The topological polar surface area (TPSA) is 73.9 Å². The summed E-state index contributed by atoms with van der Waals surface area (Å²) in [7, 11) is 1.51. The van der Waals surface area contributed by atoms with Crippen LogP contribution in [-0.2, 0) is 0 Å². The molecular formula is C8H8N4O2. The Hall–Kier alpha value is -1.98. The van der Waals surface area contributed by atoms with Gasteiger partial charge in [-0.3, -0.25) is 0 Å². The van der Waals surface area contributed by atoms with Crippen molar-refractivity contribution in [1.82, 2.24) is 20.1 Å². The van der Waals surface area contributed by atoms with E-state index in [1.54, 1.807) is 19.3 Å². The number of nitrogens with zero attached hydrogens (tertiary/aromatic N) is 4. The zero-order chi connectivity index (χ0) is 9.97. The Morgan fingerprint density at radius 3 is 2.50 bits per heavy atom. The van der Waals surface area contributed by atoms with Gasteiger partial charge in [0.2, 0.25) is 0 Å². The normalized spacial score (nSPS) is 10.1. The van der Waals surface area contributed by atoms with Crippen molar-refractivity contribution in [1.29, 1.82) is 0 Å². The van der Waals surface area contributed by atoms with Crippen molar-refractivity contribution in [3.8, 4) is 17.5 Å². The molecule has 2 rings (SSSR count). The molecule has 0 aliphatic rings. The van der Waals surface area contributed by atoms with Gasteiger partial charge in [-0.2, -0.15) is 4.98 Å². The van der Waals surface area contributed by atoms with Crippen LogP contribution >= 0.6 is 0 Å². The second kappa shape index (κ2) is 3.41. The largest absolute Gasteiger partial charge is 0.467 e. The van der Waals surface area contributed by atoms with E-state index in [4.69, 9.17) is 9.26 Å². The summed E-state index contributed by atoms with van der Waals surface area (Å²) in [6.45, 7) is 1.75. The van der Waals surface area contributed by atoms with Crippen LogP contribution in [0.4, 0.5) is 0 Å². The molecule has 72 valence electrons. The van der Waals surface area contributed by atoms with E-state index >= 15 is 0 Å². The smallest absolute Gasteiger partial charge is 0.316 e. The number of aromatic nitrogens is 4. The maximum Gasteiger partial charge on any atom is 0.316 e. The molecule has 0 saturated carbocycles. The van der Waals surface area contributed by atoms with E-state index < -0.39 is 0 Å². The quantitative estimate of drug-likeness (QED) is 0.702. The summed E-state index contributed by atoms with van der Waals surface area (Å²) in [6.07, 6.45) is 3.14. The van der Waals surface area contributed by atoms with Crippen LogP contribution in [0.25, 0.3) is 11.5 Å². The summed E-state index contributed by atoms with van der Waals surface area (Å²) in [4.78, 5) is 11.9. The van der Waals surface area contributed by atoms with E-state index in [0.29, 0.717) is 23.3 Å². The second-order valence-electron chi connectivity index (χ2n) is 2.61. The molecule has 0 unspecified atom stereocenters. The van der Waals surface area contributed by atoms with Crippen molar-refractivity contribution in [3.63, 3.8) is 0 Å². The molecule has 0 bridgehead atoms. The first-order valence-electron chi connectivity index (χ1n) is 3.96. The molecule has 2 aromatic rings. The molecule has 0 N–H and O–H groups in total. The summed E-state index contributed by atoms with van der Waals surface area (Å²) >= 11 is 0. The number of ether oxygens (including phenoxy) is 1. The van der Waals surface area contributed by atoms with E-state index in [-0.39, 0.29) is 0 Å². The van der Waals surface area contributed by atoms with E-state index in [1.807, 2.05) is 0 Å². The van der Waals surface area contributed by atoms with Crippen LogP contribution in [0.15, 0.2) is 16.9 Å². The number of methoxy groups -OCH3 is 1. The molecule has 0 fully saturated rings. The number of aryl methyl sites for hydroxylation is 1. The predicted molar refractivity (Wildman–Crippen MR) is 46.6 cm³/mol. The minimum absolute atomic E-state index is 0.310. The van der Waals surface area contributed by atoms with Crippen molar-refractivity contribution in [2.24, 2.45) is 0 Å². The third kappa shape index (κ3) is 1.54. The summed E-state index contributed by atoms with van der Waals surface area (Å²) < 4.78 is 9.76. The average molecular weight is 192 g/mol. The summed E-state index contributed by atoms with van der Waals surface area (Å²) in [5, 5.41) is 3.66. The molecule has 0 aromatic carbocycles. The Morgan fingerprint density at radius 2 is 2.00 bits per heavy atom. The molecule has 14 heavy (non-hydrogen) atoms. The fraction of sp³-hybridized carbons (Fsp3) is 0.250. The Balaban J connectivity index is 2.33. The van der Waals surface area contributed by atoms with Crippen molar-refractivity contribution in [2.75, 3.05) is 7.11 Å². The first-order valence-corrected chi connectivity index (χ1v) is 3.96. The molecule has 0 amide bonds. The predicted octanol–water partition coefficient (Wildman–Crippen LogP) is 0.844. The van der Waals surface area contributed by atoms with Crippen molar-refractivity contribution >= 4 is 0 Å². The number of hydrogen-bond donors (Lipinski definition) is 0. The first-order chi connectivity index (χ1) is 6.79. The van der Waals surface area contributed by atoms with Crippen molar-refractivity contribution in [3.05, 3.63) is 18.2 Å². The Kier molecular flexibility index (Phi) is 2.10. The Labute approximate surface area is 80.0 Å². The van der Waals surface area contributed by atoms with Crippen LogP contribution in [0.2, 0.25) is 0 Å². The van der Waals surface area contributed by atoms with Crippen LogP contribution in [0, 0.1) is 6.92 Å². The van der Waals surface area contributed by atoms with Crippen molar-refractivity contribution < 1.29 is 9.26 Å². The maximum atomic E-state index is 4.94. The SMILES string of the molecule is COc1ncc(-c2nc(C)no2)cn1. The van der Waals surface area contributed by atoms with Gasteiger partial charge in [-0.05, 0) is 6.92 Å². The Bertz CT molecular complexity index is 423. The van der Waals surface area contributed by atoms with E-state index in [9.17, 15) is 0 Å². The van der Waals surface area contributed by atoms with Gasteiger partial charge >= 0.3 is 6.01 Å². The van der Waals surface area contributed by atoms with Crippen LogP contribution in [0.1, 0.15) is 5.82 Å². The van der Waals surface area contributed by atoms with Gasteiger partial charge in [-0.15, -0.1) is 0 Å². The standard InChI is InChI=1S/C8H8N4O2/c1-5-11-7(14-12-5)6-3-9-8(13-2)10-4-6/h3-4H,1-2H3. The van der Waals surface area contributed by atoms with Crippen LogP contribution in [-0.4, -0.2) is 27.2 Å². The third-order valence-electron chi connectivity index (χ3n) is 1.59. The molecule has 0 saturated heterocycles. The fourth-order valence-corrected chi connectivity index (χ4v) is 0.946. The van der Waals surface area contributed by atoms with Crippen LogP contribution in [0.5, 0.6) is 6.01 Å². The van der Waals surface area contributed by atoms with Crippen LogP contribution < -0.4 is 4.74 Å². The lowest BCUT2D eigenvalue weighted by molar-refractivity contribution is 0.379. The van der Waals surface area contributed by atoms with Gasteiger partial charge < -0.3 is 9.26 Å². The minimum Gasteiger partial charge on any atom is -0.467 e. The summed E-state index contributed by atoms with van der Waals surface area (Å²) in [6, 6.07) is 0.310. The van der Waals surface area contributed by atoms with E-state index in [1.165, 1.54) is 7.11 Å². The number of hydrogen-bond acceptors (Lipinski definition) is 6. The van der Waals surface area contributed by atoms with Gasteiger partial charge in [0.15, 0.2) is 5.82 Å². The molecule has 2 heterocycles. The highest BCUT2D eigenvalue weighted by atomic mass is 16.5. The lowest BCUT2D eigenvalue weighted by Gasteiger charge is -1.96. The summed E-state index contributed by atoms with van der Waals surface area (Å²) in [5.41, 5.74) is 0.673.